The van der Waals surface area contributed by atoms with Crippen LogP contribution in [0.15, 0.2) is 33.9 Å². The summed E-state index contributed by atoms with van der Waals surface area (Å²) in [7, 11) is 0. The number of aromatic nitrogens is 2. The van der Waals surface area contributed by atoms with Gasteiger partial charge in [-0.05, 0) is 56.9 Å². The Labute approximate surface area is 159 Å². The molecule has 1 amide bonds. The van der Waals surface area contributed by atoms with Crippen molar-refractivity contribution in [2.24, 2.45) is 5.92 Å². The third-order valence-corrected chi connectivity index (χ3v) is 4.55. The van der Waals surface area contributed by atoms with E-state index in [1.165, 1.54) is 11.8 Å². The molecule has 0 unspecified atom stereocenters. The molecule has 0 saturated carbocycles. The highest BCUT2D eigenvalue weighted by molar-refractivity contribution is 7.99. The number of nitrogens with zero attached hydrogens (tertiary/aromatic N) is 2. The molecule has 0 fully saturated rings. The normalized spacial score (nSPS) is 12.2. The van der Waals surface area contributed by atoms with E-state index in [0.29, 0.717) is 23.6 Å². The first-order chi connectivity index (χ1) is 12.5. The summed E-state index contributed by atoms with van der Waals surface area (Å²) in [4.78, 5) is 12.0. The van der Waals surface area contributed by atoms with Crippen LogP contribution in [0.3, 0.4) is 0 Å². The largest absolute Gasteiger partial charge is 0.494 e. The van der Waals surface area contributed by atoms with E-state index in [1.807, 2.05) is 38.1 Å². The number of benzene rings is 1. The summed E-state index contributed by atoms with van der Waals surface area (Å²) >= 11 is 1.24. The molecule has 142 valence electrons. The molecule has 0 aliphatic rings. The van der Waals surface area contributed by atoms with Gasteiger partial charge in [-0.1, -0.05) is 25.6 Å². The number of amides is 1. The topological polar surface area (TPSA) is 77.2 Å². The van der Waals surface area contributed by atoms with Crippen LogP contribution in [-0.2, 0) is 4.79 Å². The first kappa shape index (κ1) is 20.3. The van der Waals surface area contributed by atoms with Gasteiger partial charge in [0.2, 0.25) is 11.8 Å². The minimum Gasteiger partial charge on any atom is -0.494 e. The molecular formula is C19H27N3O3S. The van der Waals surface area contributed by atoms with Crippen LogP contribution < -0.4 is 10.1 Å². The van der Waals surface area contributed by atoms with E-state index in [0.717, 1.165) is 24.2 Å². The summed E-state index contributed by atoms with van der Waals surface area (Å²) < 4.78 is 11.0. The maximum atomic E-state index is 12.0. The van der Waals surface area contributed by atoms with E-state index in [9.17, 15) is 4.79 Å². The Morgan fingerprint density at radius 1 is 1.19 bits per heavy atom. The first-order valence-corrected chi connectivity index (χ1v) is 9.95. The second-order valence-electron chi connectivity index (χ2n) is 6.56. The second-order valence-corrected chi connectivity index (χ2v) is 7.49. The van der Waals surface area contributed by atoms with Crippen molar-refractivity contribution in [2.75, 3.05) is 12.4 Å². The number of ether oxygens (including phenoxy) is 1. The van der Waals surface area contributed by atoms with Gasteiger partial charge in [-0.3, -0.25) is 4.79 Å². The number of hydrogen-bond acceptors (Lipinski definition) is 6. The van der Waals surface area contributed by atoms with E-state index in [4.69, 9.17) is 9.15 Å². The Balaban J connectivity index is 1.81. The van der Waals surface area contributed by atoms with Crippen LogP contribution in [0.4, 0.5) is 0 Å². The second kappa shape index (κ2) is 10.2. The Hall–Kier alpha value is -2.02. The van der Waals surface area contributed by atoms with E-state index in [-0.39, 0.29) is 17.7 Å². The van der Waals surface area contributed by atoms with Crippen molar-refractivity contribution in [1.82, 2.24) is 15.5 Å². The molecule has 1 atom stereocenters. The molecule has 26 heavy (non-hydrogen) atoms. The zero-order valence-corrected chi connectivity index (χ0v) is 16.6. The molecule has 0 radical (unpaired) electrons. The van der Waals surface area contributed by atoms with E-state index >= 15 is 0 Å². The number of hydrogen-bond donors (Lipinski definition) is 1. The fourth-order valence-corrected chi connectivity index (χ4v) is 2.92. The van der Waals surface area contributed by atoms with Crippen LogP contribution >= 0.6 is 11.8 Å². The van der Waals surface area contributed by atoms with E-state index in [2.05, 4.69) is 29.4 Å². The summed E-state index contributed by atoms with van der Waals surface area (Å²) in [5.74, 6) is 2.11. The fourth-order valence-electron chi connectivity index (χ4n) is 2.34. The highest BCUT2D eigenvalue weighted by Crippen LogP contribution is 2.24. The number of rotatable bonds is 10. The van der Waals surface area contributed by atoms with Crippen LogP contribution in [0.2, 0.25) is 0 Å². The van der Waals surface area contributed by atoms with Crippen LogP contribution in [0, 0.1) is 5.92 Å². The molecule has 0 bridgehead atoms. The predicted molar refractivity (Wildman–Crippen MR) is 103 cm³/mol. The lowest BCUT2D eigenvalue weighted by atomic mass is 10.0. The van der Waals surface area contributed by atoms with Crippen molar-refractivity contribution < 1.29 is 13.9 Å². The van der Waals surface area contributed by atoms with E-state index < -0.39 is 0 Å². The summed E-state index contributed by atoms with van der Waals surface area (Å²) in [6.07, 6.45) is 2.08. The first-order valence-electron chi connectivity index (χ1n) is 8.96. The molecule has 1 heterocycles. The molecule has 7 heteroatoms. The number of nitrogens with one attached hydrogen (secondary N) is 1. The molecule has 1 N–H and O–H groups in total. The molecule has 0 saturated heterocycles. The van der Waals surface area contributed by atoms with Crippen molar-refractivity contribution in [2.45, 2.75) is 51.8 Å². The van der Waals surface area contributed by atoms with Gasteiger partial charge in [0.05, 0.1) is 12.4 Å². The minimum absolute atomic E-state index is 0.0212. The molecule has 2 aromatic rings. The monoisotopic (exact) mass is 377 g/mol. The van der Waals surface area contributed by atoms with Gasteiger partial charge in [-0.2, -0.15) is 0 Å². The third-order valence-electron chi connectivity index (χ3n) is 3.73. The van der Waals surface area contributed by atoms with Crippen LogP contribution in [0.1, 0.15) is 40.5 Å². The zero-order valence-electron chi connectivity index (χ0n) is 15.8. The van der Waals surface area contributed by atoms with Crippen molar-refractivity contribution >= 4 is 17.7 Å². The van der Waals surface area contributed by atoms with Gasteiger partial charge in [-0.25, -0.2) is 0 Å². The Morgan fingerprint density at radius 2 is 1.92 bits per heavy atom. The summed E-state index contributed by atoms with van der Waals surface area (Å²) in [6.45, 7) is 8.96. The molecule has 2 rings (SSSR count). The molecule has 0 aliphatic carbocycles. The van der Waals surface area contributed by atoms with Gasteiger partial charge in [0.1, 0.15) is 5.75 Å². The molecule has 6 nitrogen and oxygen atoms in total. The third kappa shape index (κ3) is 6.71. The highest BCUT2D eigenvalue weighted by Gasteiger charge is 2.13. The molecule has 1 aromatic carbocycles. The van der Waals surface area contributed by atoms with Gasteiger partial charge in [-0.15, -0.1) is 10.2 Å². The van der Waals surface area contributed by atoms with Crippen molar-refractivity contribution in [3.05, 3.63) is 24.3 Å². The molecule has 0 aliphatic heterocycles. The smallest absolute Gasteiger partial charge is 0.277 e. The van der Waals surface area contributed by atoms with Gasteiger partial charge >= 0.3 is 0 Å². The average molecular weight is 378 g/mol. The standard InChI is InChI=1S/C19H27N3O3S/c1-5-24-16-10-8-15(9-11-16)18-21-22-19(25-18)26-12-17(23)20-14(4)7-6-13(2)3/h8-11,13-14H,5-7,12H2,1-4H3,(H,20,23)/t14-/m0/s1. The maximum Gasteiger partial charge on any atom is 0.277 e. The molecule has 0 spiro atoms. The summed E-state index contributed by atoms with van der Waals surface area (Å²) in [6, 6.07) is 7.64. The zero-order chi connectivity index (χ0) is 18.9. The Kier molecular flexibility index (Phi) is 7.97. The molecular weight excluding hydrogens is 350 g/mol. The van der Waals surface area contributed by atoms with E-state index in [1.54, 1.807) is 0 Å². The fraction of sp³-hybridized carbons (Fsp3) is 0.526. The van der Waals surface area contributed by atoms with Gasteiger partial charge in [0.15, 0.2) is 0 Å². The number of thioether (sulfide) groups is 1. The molecule has 1 aromatic heterocycles. The quantitative estimate of drug-likeness (QED) is 0.626. The SMILES string of the molecule is CCOc1ccc(-c2nnc(SCC(=O)N[C@@H](C)CCC(C)C)o2)cc1. The van der Waals surface area contributed by atoms with Crippen molar-refractivity contribution in [1.29, 1.82) is 0 Å². The Bertz CT molecular complexity index is 686. The van der Waals surface area contributed by atoms with Crippen LogP contribution in [0.5, 0.6) is 5.75 Å². The highest BCUT2D eigenvalue weighted by atomic mass is 32.2. The Morgan fingerprint density at radius 3 is 2.58 bits per heavy atom. The number of carbonyl (C=O) groups excluding carboxylic acids is 1. The van der Waals surface area contributed by atoms with Crippen LogP contribution in [0.25, 0.3) is 11.5 Å². The minimum atomic E-state index is -0.0212. The lowest BCUT2D eigenvalue weighted by Crippen LogP contribution is -2.34. The lowest BCUT2D eigenvalue weighted by molar-refractivity contribution is -0.119. The number of carbonyl (C=O) groups is 1. The van der Waals surface area contributed by atoms with Crippen LogP contribution in [-0.4, -0.2) is 34.5 Å². The summed E-state index contributed by atoms with van der Waals surface area (Å²) in [5, 5.41) is 11.4. The maximum absolute atomic E-state index is 12.0. The predicted octanol–water partition coefficient (Wildman–Crippen LogP) is 4.17. The summed E-state index contributed by atoms with van der Waals surface area (Å²) in [5.41, 5.74) is 0.819. The van der Waals surface area contributed by atoms with Crippen molar-refractivity contribution in [3.8, 4) is 17.2 Å². The van der Waals surface area contributed by atoms with Gasteiger partial charge in [0.25, 0.3) is 5.22 Å². The van der Waals surface area contributed by atoms with Gasteiger partial charge in [0, 0.05) is 11.6 Å². The average Bonchev–Trinajstić information content (AvgIpc) is 3.08. The lowest BCUT2D eigenvalue weighted by Gasteiger charge is -2.14. The van der Waals surface area contributed by atoms with Crippen molar-refractivity contribution in [3.63, 3.8) is 0 Å². The van der Waals surface area contributed by atoms with Gasteiger partial charge < -0.3 is 14.5 Å².